The zero-order valence-corrected chi connectivity index (χ0v) is 17.4. The first-order chi connectivity index (χ1) is 13.5. The molecule has 2 aromatic rings. The fourth-order valence-corrected chi connectivity index (χ4v) is 5.04. The number of thioether (sulfide) groups is 2. The van der Waals surface area contributed by atoms with Gasteiger partial charge in [0.1, 0.15) is 11.6 Å². The Morgan fingerprint density at radius 2 is 2.11 bits per heavy atom. The van der Waals surface area contributed by atoms with Gasteiger partial charge in [0, 0.05) is 27.5 Å². The summed E-state index contributed by atoms with van der Waals surface area (Å²) in [5.41, 5.74) is 2.36. The van der Waals surface area contributed by atoms with E-state index in [0.717, 1.165) is 28.2 Å². The van der Waals surface area contributed by atoms with E-state index >= 15 is 0 Å². The van der Waals surface area contributed by atoms with Gasteiger partial charge in [-0.2, -0.15) is 0 Å². The van der Waals surface area contributed by atoms with Crippen molar-refractivity contribution in [3.8, 4) is 5.75 Å². The molecule has 0 spiro atoms. The summed E-state index contributed by atoms with van der Waals surface area (Å²) in [5.74, 6) is 2.06. The van der Waals surface area contributed by atoms with Crippen LogP contribution in [0.5, 0.6) is 5.75 Å². The summed E-state index contributed by atoms with van der Waals surface area (Å²) in [7, 11) is 1.58. The van der Waals surface area contributed by atoms with E-state index < -0.39 is 0 Å². The molecular weight excluding hydrogens is 397 g/mol. The van der Waals surface area contributed by atoms with Crippen molar-refractivity contribution in [1.29, 1.82) is 0 Å². The van der Waals surface area contributed by atoms with Gasteiger partial charge in [0.05, 0.1) is 18.9 Å². The molecule has 28 heavy (non-hydrogen) atoms. The SMILES string of the molecule is COc1ccc(C(C)=O)cc1CSCC(=O)NC1CCSc2ccc(F)cc21. The van der Waals surface area contributed by atoms with Gasteiger partial charge in [-0.25, -0.2) is 4.39 Å². The first-order valence-electron chi connectivity index (χ1n) is 8.95. The van der Waals surface area contributed by atoms with Crippen LogP contribution in [0.1, 0.15) is 40.9 Å². The van der Waals surface area contributed by atoms with Crippen molar-refractivity contribution in [2.45, 2.75) is 30.0 Å². The van der Waals surface area contributed by atoms with Gasteiger partial charge in [0.25, 0.3) is 0 Å². The normalized spacial score (nSPS) is 15.6. The predicted octanol–water partition coefficient (Wildman–Crippen LogP) is 4.62. The fourth-order valence-electron chi connectivity index (χ4n) is 3.12. The third-order valence-corrected chi connectivity index (χ3v) is 6.63. The van der Waals surface area contributed by atoms with Crippen LogP contribution in [0.3, 0.4) is 0 Å². The molecule has 4 nitrogen and oxygen atoms in total. The highest BCUT2D eigenvalue weighted by Crippen LogP contribution is 2.36. The number of fused-ring (bicyclic) bond motifs is 1. The molecule has 0 fully saturated rings. The number of carbonyl (C=O) groups is 2. The second-order valence-corrected chi connectivity index (χ2v) is 8.64. The monoisotopic (exact) mass is 419 g/mol. The van der Waals surface area contributed by atoms with E-state index in [1.54, 1.807) is 37.1 Å². The molecule has 1 amide bonds. The zero-order chi connectivity index (χ0) is 20.1. The van der Waals surface area contributed by atoms with Crippen LogP contribution in [0.2, 0.25) is 0 Å². The smallest absolute Gasteiger partial charge is 0.230 e. The van der Waals surface area contributed by atoms with E-state index in [9.17, 15) is 14.0 Å². The van der Waals surface area contributed by atoms with Crippen LogP contribution < -0.4 is 10.1 Å². The van der Waals surface area contributed by atoms with Crippen molar-refractivity contribution in [2.24, 2.45) is 0 Å². The molecule has 3 rings (SSSR count). The molecule has 0 saturated carbocycles. The van der Waals surface area contributed by atoms with Crippen LogP contribution >= 0.6 is 23.5 Å². The number of ether oxygens (including phenoxy) is 1. The van der Waals surface area contributed by atoms with Gasteiger partial charge in [-0.15, -0.1) is 23.5 Å². The standard InChI is InChI=1S/C21H22FNO3S2/c1-13(24)14-3-5-19(26-2)15(9-14)11-27-12-21(25)23-18-7-8-28-20-6-4-16(22)10-17(18)20/h3-6,9-10,18H,7-8,11-12H2,1-2H3,(H,23,25). The number of hydrogen-bond acceptors (Lipinski definition) is 5. The molecule has 0 aromatic heterocycles. The predicted molar refractivity (Wildman–Crippen MR) is 112 cm³/mol. The number of rotatable bonds is 7. The highest BCUT2D eigenvalue weighted by Gasteiger charge is 2.23. The number of nitrogens with one attached hydrogen (secondary N) is 1. The lowest BCUT2D eigenvalue weighted by atomic mass is 10.0. The molecule has 1 aliphatic heterocycles. The molecule has 1 atom stereocenters. The highest BCUT2D eigenvalue weighted by molar-refractivity contribution is 7.99. The van der Waals surface area contributed by atoms with Crippen LogP contribution in [-0.4, -0.2) is 30.3 Å². The molecule has 1 heterocycles. The van der Waals surface area contributed by atoms with Crippen molar-refractivity contribution in [1.82, 2.24) is 5.32 Å². The second kappa shape index (κ2) is 9.47. The average Bonchev–Trinajstić information content (AvgIpc) is 2.68. The van der Waals surface area contributed by atoms with Crippen LogP contribution in [0.25, 0.3) is 0 Å². The molecule has 0 saturated heterocycles. The van der Waals surface area contributed by atoms with Crippen molar-refractivity contribution in [3.63, 3.8) is 0 Å². The molecule has 148 valence electrons. The second-order valence-electron chi connectivity index (χ2n) is 6.51. The number of methoxy groups -OCH3 is 1. The number of halogens is 1. The van der Waals surface area contributed by atoms with E-state index in [1.165, 1.54) is 30.8 Å². The maximum Gasteiger partial charge on any atom is 0.230 e. The van der Waals surface area contributed by atoms with Crippen molar-refractivity contribution in [2.75, 3.05) is 18.6 Å². The lowest BCUT2D eigenvalue weighted by Crippen LogP contribution is -2.32. The van der Waals surface area contributed by atoms with Gasteiger partial charge in [0.15, 0.2) is 5.78 Å². The third-order valence-electron chi connectivity index (χ3n) is 4.52. The van der Waals surface area contributed by atoms with Gasteiger partial charge in [0.2, 0.25) is 5.91 Å². The van der Waals surface area contributed by atoms with Gasteiger partial charge >= 0.3 is 0 Å². The summed E-state index contributed by atoms with van der Waals surface area (Å²) >= 11 is 3.14. The number of benzene rings is 2. The van der Waals surface area contributed by atoms with E-state index in [-0.39, 0.29) is 29.3 Å². The minimum atomic E-state index is -0.285. The van der Waals surface area contributed by atoms with Gasteiger partial charge in [-0.1, -0.05) is 0 Å². The van der Waals surface area contributed by atoms with E-state index in [2.05, 4.69) is 5.32 Å². The number of ketones is 1. The largest absolute Gasteiger partial charge is 0.496 e. The van der Waals surface area contributed by atoms with E-state index in [0.29, 0.717) is 17.1 Å². The third kappa shape index (κ3) is 5.08. The molecule has 0 bridgehead atoms. The Balaban J connectivity index is 1.58. The Hall–Kier alpha value is -1.99. The maximum atomic E-state index is 13.6. The summed E-state index contributed by atoms with van der Waals surface area (Å²) in [6.07, 6.45) is 0.784. The molecule has 0 aliphatic carbocycles. The summed E-state index contributed by atoms with van der Waals surface area (Å²) in [4.78, 5) is 25.0. The number of hydrogen-bond donors (Lipinski definition) is 1. The first-order valence-corrected chi connectivity index (χ1v) is 11.1. The molecule has 2 aromatic carbocycles. The minimum absolute atomic E-state index is 0.00675. The van der Waals surface area contributed by atoms with Crippen molar-refractivity contribution in [3.05, 3.63) is 58.9 Å². The average molecular weight is 420 g/mol. The highest BCUT2D eigenvalue weighted by atomic mass is 32.2. The van der Waals surface area contributed by atoms with Gasteiger partial charge in [-0.3, -0.25) is 9.59 Å². The van der Waals surface area contributed by atoms with Crippen LogP contribution in [0.4, 0.5) is 4.39 Å². The zero-order valence-electron chi connectivity index (χ0n) is 15.8. The quantitative estimate of drug-likeness (QED) is 0.664. The molecule has 1 N–H and O–H groups in total. The Morgan fingerprint density at radius 3 is 2.86 bits per heavy atom. The topological polar surface area (TPSA) is 55.4 Å². The molecular formula is C21H22FNO3S2. The summed E-state index contributed by atoms with van der Waals surface area (Å²) < 4.78 is 18.9. The maximum absolute atomic E-state index is 13.6. The minimum Gasteiger partial charge on any atom is -0.496 e. The van der Waals surface area contributed by atoms with Crippen molar-refractivity contribution >= 4 is 35.2 Å². The number of Topliss-reactive ketones (excluding diaryl/α,β-unsaturated/α-hetero) is 1. The molecule has 0 radical (unpaired) electrons. The number of amides is 1. The van der Waals surface area contributed by atoms with Gasteiger partial charge in [-0.05, 0) is 55.3 Å². The van der Waals surface area contributed by atoms with Crippen molar-refractivity contribution < 1.29 is 18.7 Å². The van der Waals surface area contributed by atoms with E-state index in [4.69, 9.17) is 4.74 Å². The molecule has 1 aliphatic rings. The fraction of sp³-hybridized carbons (Fsp3) is 0.333. The molecule has 1 unspecified atom stereocenters. The Labute approximate surface area is 172 Å². The summed E-state index contributed by atoms with van der Waals surface area (Å²) in [5, 5.41) is 3.02. The summed E-state index contributed by atoms with van der Waals surface area (Å²) in [6, 6.07) is 9.90. The van der Waals surface area contributed by atoms with Crippen LogP contribution in [0.15, 0.2) is 41.3 Å². The van der Waals surface area contributed by atoms with Crippen LogP contribution in [-0.2, 0) is 10.5 Å². The first kappa shape index (κ1) is 20.7. The Morgan fingerprint density at radius 1 is 1.29 bits per heavy atom. The number of carbonyl (C=O) groups excluding carboxylic acids is 2. The lowest BCUT2D eigenvalue weighted by Gasteiger charge is -2.26. The van der Waals surface area contributed by atoms with E-state index in [1.807, 2.05) is 6.07 Å². The Kier molecular flexibility index (Phi) is 7.02. The Bertz CT molecular complexity index is 888. The van der Waals surface area contributed by atoms with Gasteiger partial charge < -0.3 is 10.1 Å². The molecule has 7 heteroatoms. The summed E-state index contributed by atoms with van der Waals surface area (Å²) in [6.45, 7) is 1.52. The lowest BCUT2D eigenvalue weighted by molar-refractivity contribution is -0.119. The van der Waals surface area contributed by atoms with Crippen LogP contribution in [0, 0.1) is 5.82 Å².